The molecule has 0 spiro atoms. The molecule has 2 saturated heterocycles. The summed E-state index contributed by atoms with van der Waals surface area (Å²) < 4.78 is 36.8. The summed E-state index contributed by atoms with van der Waals surface area (Å²) in [6.07, 6.45) is 0.550. The lowest BCUT2D eigenvalue weighted by Gasteiger charge is -2.35. The monoisotopic (exact) mass is 412 g/mol. The molecule has 156 valence electrons. The van der Waals surface area contributed by atoms with Crippen LogP contribution >= 0.6 is 0 Å². The van der Waals surface area contributed by atoms with Crippen molar-refractivity contribution in [3.8, 4) is 0 Å². The molecule has 0 saturated carbocycles. The quantitative estimate of drug-likeness (QED) is 0.725. The lowest BCUT2D eigenvalue weighted by atomic mass is 10.1. The number of rotatable bonds is 6. The third-order valence-corrected chi connectivity index (χ3v) is 7.35. The number of benzene rings is 1. The number of nitrogens with one attached hydrogen (secondary N) is 1. The first-order chi connectivity index (χ1) is 13.2. The molecular formula is C20H31FN3O3S+. The Labute approximate surface area is 167 Å². The second-order valence-electron chi connectivity index (χ2n) is 8.39. The van der Waals surface area contributed by atoms with E-state index < -0.39 is 9.84 Å². The highest BCUT2D eigenvalue weighted by Crippen LogP contribution is 2.19. The highest BCUT2D eigenvalue weighted by Gasteiger charge is 2.36. The van der Waals surface area contributed by atoms with Gasteiger partial charge in [-0.25, -0.2) is 12.8 Å². The molecule has 6 nitrogen and oxygen atoms in total. The maximum absolute atomic E-state index is 13.1. The average Bonchev–Trinajstić information content (AvgIpc) is 3.00. The fraction of sp³-hybridized carbons (Fsp3) is 0.650. The van der Waals surface area contributed by atoms with Gasteiger partial charge in [-0.15, -0.1) is 0 Å². The molecule has 2 aliphatic heterocycles. The molecule has 0 unspecified atom stereocenters. The van der Waals surface area contributed by atoms with Crippen molar-refractivity contribution in [2.24, 2.45) is 5.92 Å². The second kappa shape index (κ2) is 8.78. The summed E-state index contributed by atoms with van der Waals surface area (Å²) in [5, 5.41) is 0. The minimum atomic E-state index is -3.02. The van der Waals surface area contributed by atoms with E-state index in [4.69, 9.17) is 0 Å². The molecule has 1 amide bonds. The first-order valence-electron chi connectivity index (χ1n) is 10.1. The van der Waals surface area contributed by atoms with Crippen molar-refractivity contribution in [3.63, 3.8) is 0 Å². The van der Waals surface area contributed by atoms with Crippen molar-refractivity contribution in [1.29, 1.82) is 0 Å². The fourth-order valence-corrected chi connectivity index (χ4v) is 5.83. The predicted octanol–water partition coefficient (Wildman–Crippen LogP) is 0.202. The van der Waals surface area contributed by atoms with Gasteiger partial charge in [0.1, 0.15) is 5.82 Å². The zero-order valence-corrected chi connectivity index (χ0v) is 17.5. The number of hydrogen-bond acceptors (Lipinski definition) is 4. The van der Waals surface area contributed by atoms with Gasteiger partial charge in [0.25, 0.3) is 5.91 Å². The Bertz CT molecular complexity index is 774. The number of halogens is 1. The smallest absolute Gasteiger partial charge is 0.278 e. The highest BCUT2D eigenvalue weighted by molar-refractivity contribution is 7.91. The van der Waals surface area contributed by atoms with Crippen LogP contribution in [0.15, 0.2) is 24.3 Å². The maximum atomic E-state index is 13.1. The third kappa shape index (κ3) is 5.44. The van der Waals surface area contributed by atoms with E-state index in [9.17, 15) is 17.6 Å². The number of anilines is 1. The van der Waals surface area contributed by atoms with Gasteiger partial charge in [0, 0.05) is 18.3 Å². The van der Waals surface area contributed by atoms with Gasteiger partial charge in [0.05, 0.1) is 37.7 Å². The van der Waals surface area contributed by atoms with Crippen molar-refractivity contribution in [2.75, 3.05) is 55.7 Å². The largest absolute Gasteiger partial charge is 0.360 e. The molecule has 0 bridgehead atoms. The van der Waals surface area contributed by atoms with Crippen LogP contribution in [0.2, 0.25) is 0 Å². The Morgan fingerprint density at radius 3 is 2.43 bits per heavy atom. The van der Waals surface area contributed by atoms with Crippen molar-refractivity contribution in [2.45, 2.75) is 26.3 Å². The molecule has 2 heterocycles. The van der Waals surface area contributed by atoms with Gasteiger partial charge in [0.2, 0.25) is 0 Å². The summed E-state index contributed by atoms with van der Waals surface area (Å²) in [5.74, 6) is 0.401. The normalized spacial score (nSPS) is 22.6. The molecule has 1 aromatic carbocycles. The SMILES string of the molecule is CC(C)CN(C(=O)C[NH+]1CCN(c2ccc(F)cc2)CC1)[C@@H]1CCS(=O)(=O)C1. The molecule has 2 aliphatic rings. The van der Waals surface area contributed by atoms with Crippen LogP contribution in [-0.4, -0.2) is 76.0 Å². The van der Waals surface area contributed by atoms with Gasteiger partial charge in [0.15, 0.2) is 16.4 Å². The molecule has 0 radical (unpaired) electrons. The van der Waals surface area contributed by atoms with Crippen LogP contribution in [0.3, 0.4) is 0 Å². The first-order valence-corrected chi connectivity index (χ1v) is 11.9. The number of quaternary nitrogens is 1. The van der Waals surface area contributed by atoms with Crippen molar-refractivity contribution >= 4 is 21.4 Å². The summed E-state index contributed by atoms with van der Waals surface area (Å²) >= 11 is 0. The van der Waals surface area contributed by atoms with Gasteiger partial charge in [-0.1, -0.05) is 13.8 Å². The van der Waals surface area contributed by atoms with Crippen LogP contribution in [0.4, 0.5) is 10.1 Å². The first kappa shape index (κ1) is 21.0. The van der Waals surface area contributed by atoms with E-state index >= 15 is 0 Å². The van der Waals surface area contributed by atoms with E-state index in [0.717, 1.165) is 31.9 Å². The molecule has 3 rings (SSSR count). The van der Waals surface area contributed by atoms with Gasteiger partial charge in [-0.2, -0.15) is 0 Å². The van der Waals surface area contributed by atoms with Gasteiger partial charge in [-0.3, -0.25) is 4.79 Å². The van der Waals surface area contributed by atoms with E-state index in [1.54, 1.807) is 12.1 Å². The molecule has 8 heteroatoms. The van der Waals surface area contributed by atoms with Crippen LogP contribution in [0.25, 0.3) is 0 Å². The molecule has 1 atom stereocenters. The van der Waals surface area contributed by atoms with Gasteiger partial charge < -0.3 is 14.7 Å². The van der Waals surface area contributed by atoms with E-state index in [-0.39, 0.29) is 29.3 Å². The maximum Gasteiger partial charge on any atom is 0.278 e. The summed E-state index contributed by atoms with van der Waals surface area (Å²) in [7, 11) is -3.02. The van der Waals surface area contributed by atoms with Crippen LogP contribution in [0, 0.1) is 11.7 Å². The second-order valence-corrected chi connectivity index (χ2v) is 10.6. The Kier molecular flexibility index (Phi) is 6.60. The summed E-state index contributed by atoms with van der Waals surface area (Å²) in [6, 6.07) is 6.33. The zero-order valence-electron chi connectivity index (χ0n) is 16.7. The number of carbonyl (C=O) groups is 1. The van der Waals surface area contributed by atoms with E-state index in [1.807, 2.05) is 4.90 Å². The van der Waals surface area contributed by atoms with Crippen LogP contribution in [0.1, 0.15) is 20.3 Å². The van der Waals surface area contributed by atoms with Crippen LogP contribution in [-0.2, 0) is 14.6 Å². The number of nitrogens with zero attached hydrogens (tertiary/aromatic N) is 2. The minimum absolute atomic E-state index is 0.0565. The molecule has 1 aromatic rings. The number of amides is 1. The van der Waals surface area contributed by atoms with Crippen LogP contribution in [0.5, 0.6) is 0 Å². The van der Waals surface area contributed by atoms with E-state index in [1.165, 1.54) is 17.0 Å². The number of carbonyl (C=O) groups excluding carboxylic acids is 1. The molecule has 28 heavy (non-hydrogen) atoms. The predicted molar refractivity (Wildman–Crippen MR) is 108 cm³/mol. The van der Waals surface area contributed by atoms with Crippen molar-refractivity contribution in [3.05, 3.63) is 30.1 Å². The van der Waals surface area contributed by atoms with Crippen LogP contribution < -0.4 is 9.80 Å². The molecular weight excluding hydrogens is 381 g/mol. The van der Waals surface area contributed by atoms with Gasteiger partial charge >= 0.3 is 0 Å². The molecule has 2 fully saturated rings. The minimum Gasteiger partial charge on any atom is -0.360 e. The molecule has 0 aromatic heterocycles. The lowest BCUT2D eigenvalue weighted by Crippen LogP contribution is -3.16. The van der Waals surface area contributed by atoms with E-state index in [0.29, 0.717) is 25.4 Å². The van der Waals surface area contributed by atoms with Crippen molar-refractivity contribution < 1.29 is 22.5 Å². The zero-order chi connectivity index (χ0) is 20.3. The topological polar surface area (TPSA) is 62.1 Å². The Hall–Kier alpha value is -1.67. The highest BCUT2D eigenvalue weighted by atomic mass is 32.2. The molecule has 0 aliphatic carbocycles. The Morgan fingerprint density at radius 1 is 1.25 bits per heavy atom. The van der Waals surface area contributed by atoms with Crippen molar-refractivity contribution in [1.82, 2.24) is 4.90 Å². The van der Waals surface area contributed by atoms with Gasteiger partial charge in [-0.05, 0) is 36.6 Å². The lowest BCUT2D eigenvalue weighted by molar-refractivity contribution is -0.892. The number of hydrogen-bond donors (Lipinski definition) is 1. The number of piperazine rings is 1. The summed E-state index contributed by atoms with van der Waals surface area (Å²) in [5.41, 5.74) is 1.00. The fourth-order valence-electron chi connectivity index (χ4n) is 4.09. The Morgan fingerprint density at radius 2 is 1.89 bits per heavy atom. The number of sulfone groups is 1. The average molecular weight is 413 g/mol. The summed E-state index contributed by atoms with van der Waals surface area (Å²) in [6.45, 7) is 8.42. The van der Waals surface area contributed by atoms with E-state index in [2.05, 4.69) is 18.7 Å². The standard InChI is InChI=1S/C20H30FN3O3S/c1-16(2)13-24(19-7-12-28(26,27)15-19)20(25)14-22-8-10-23(11-9-22)18-5-3-17(21)4-6-18/h3-6,16,19H,7-15H2,1-2H3/p+1/t19-/m1/s1. The molecule has 1 N–H and O–H groups in total. The Balaban J connectivity index is 1.56. The summed E-state index contributed by atoms with van der Waals surface area (Å²) in [4.78, 5) is 18.2. The third-order valence-electron chi connectivity index (χ3n) is 5.59.